The van der Waals surface area contributed by atoms with Crippen molar-refractivity contribution >= 4 is 17.9 Å². The quantitative estimate of drug-likeness (QED) is 0.567. The third-order valence-electron chi connectivity index (χ3n) is 4.54. The van der Waals surface area contributed by atoms with Crippen LogP contribution in [0.15, 0.2) is 48.8 Å². The Hall–Kier alpha value is -3.42. The first-order valence-electron chi connectivity index (χ1n) is 11.4. The Morgan fingerprint density at radius 2 is 1.56 bits per heavy atom. The smallest absolute Gasteiger partial charge is 0.410 e. The Morgan fingerprint density at radius 3 is 2.09 bits per heavy atom. The molecular formula is C26H36N4O4. The summed E-state index contributed by atoms with van der Waals surface area (Å²) in [7, 11) is 0. The van der Waals surface area contributed by atoms with Gasteiger partial charge in [0, 0.05) is 42.1 Å². The van der Waals surface area contributed by atoms with Crippen LogP contribution in [0.3, 0.4) is 0 Å². The largest absolute Gasteiger partial charge is 0.444 e. The van der Waals surface area contributed by atoms with Gasteiger partial charge in [-0.15, -0.1) is 0 Å². The lowest BCUT2D eigenvalue weighted by Crippen LogP contribution is -2.40. The van der Waals surface area contributed by atoms with Crippen LogP contribution in [-0.4, -0.2) is 52.0 Å². The van der Waals surface area contributed by atoms with E-state index in [2.05, 4.69) is 15.6 Å². The van der Waals surface area contributed by atoms with Crippen LogP contribution in [0.1, 0.15) is 74.2 Å². The second-order valence-corrected chi connectivity index (χ2v) is 10.2. The number of rotatable bonds is 8. The molecule has 0 unspecified atom stereocenters. The lowest BCUT2D eigenvalue weighted by atomic mass is 10.1. The van der Waals surface area contributed by atoms with Gasteiger partial charge in [-0.1, -0.05) is 6.07 Å². The summed E-state index contributed by atoms with van der Waals surface area (Å²) in [5.74, 6) is -0.422. The van der Waals surface area contributed by atoms with Gasteiger partial charge in [0.2, 0.25) is 0 Å². The minimum Gasteiger partial charge on any atom is -0.444 e. The molecule has 184 valence electrons. The summed E-state index contributed by atoms with van der Waals surface area (Å²) >= 11 is 0. The summed E-state index contributed by atoms with van der Waals surface area (Å²) in [4.78, 5) is 43.1. The van der Waals surface area contributed by atoms with Crippen LogP contribution >= 0.6 is 0 Å². The van der Waals surface area contributed by atoms with Crippen molar-refractivity contribution in [3.05, 3.63) is 65.5 Å². The number of benzene rings is 1. The van der Waals surface area contributed by atoms with Crippen LogP contribution in [0.25, 0.3) is 0 Å². The zero-order valence-electron chi connectivity index (χ0n) is 21.0. The number of ether oxygens (including phenoxy) is 1. The molecule has 0 radical (unpaired) electrons. The third-order valence-corrected chi connectivity index (χ3v) is 4.54. The van der Waals surface area contributed by atoms with Gasteiger partial charge >= 0.3 is 6.09 Å². The van der Waals surface area contributed by atoms with Crippen LogP contribution in [0, 0.1) is 0 Å². The van der Waals surface area contributed by atoms with Crippen LogP contribution < -0.4 is 10.6 Å². The molecule has 2 N–H and O–H groups in total. The lowest BCUT2D eigenvalue weighted by Gasteiger charge is -2.27. The summed E-state index contributed by atoms with van der Waals surface area (Å²) in [5.41, 5.74) is 0.917. The number of amides is 3. The molecule has 1 heterocycles. The van der Waals surface area contributed by atoms with Crippen molar-refractivity contribution in [2.45, 2.75) is 65.6 Å². The number of nitrogens with zero attached hydrogens (tertiary/aromatic N) is 2. The highest BCUT2D eigenvalue weighted by Gasteiger charge is 2.22. The number of hydrogen-bond donors (Lipinski definition) is 2. The average molecular weight is 469 g/mol. The van der Waals surface area contributed by atoms with E-state index in [9.17, 15) is 14.4 Å². The van der Waals surface area contributed by atoms with Crippen molar-refractivity contribution in [3.8, 4) is 0 Å². The van der Waals surface area contributed by atoms with Crippen LogP contribution in [0.4, 0.5) is 4.79 Å². The Kier molecular flexibility index (Phi) is 9.18. The SMILES string of the molecule is CC(C)(C)NC(=O)c1ccc(C(=O)NCCCN(Cc2cccnc2)C(=O)OC(C)(C)C)cc1. The zero-order chi connectivity index (χ0) is 25.4. The fourth-order valence-corrected chi connectivity index (χ4v) is 3.03. The van der Waals surface area contributed by atoms with E-state index in [-0.39, 0.29) is 17.4 Å². The van der Waals surface area contributed by atoms with Gasteiger partial charge in [-0.3, -0.25) is 14.6 Å². The average Bonchev–Trinajstić information content (AvgIpc) is 2.74. The molecule has 1 aromatic carbocycles. The molecule has 0 fully saturated rings. The molecule has 3 amide bonds. The van der Waals surface area contributed by atoms with E-state index in [4.69, 9.17) is 4.74 Å². The molecule has 0 bridgehead atoms. The molecule has 8 heteroatoms. The minimum atomic E-state index is -0.603. The van der Waals surface area contributed by atoms with E-state index in [0.717, 1.165) is 5.56 Å². The molecular weight excluding hydrogens is 432 g/mol. The van der Waals surface area contributed by atoms with Crippen molar-refractivity contribution < 1.29 is 19.1 Å². The molecule has 0 aliphatic carbocycles. The summed E-state index contributed by atoms with van der Waals surface area (Å²) < 4.78 is 5.53. The fourth-order valence-electron chi connectivity index (χ4n) is 3.03. The number of carbonyl (C=O) groups is 3. The van der Waals surface area contributed by atoms with Gasteiger partial charge in [0.15, 0.2) is 0 Å². The van der Waals surface area contributed by atoms with Gasteiger partial charge in [0.05, 0.1) is 6.54 Å². The van der Waals surface area contributed by atoms with Gasteiger partial charge in [-0.05, 0) is 83.9 Å². The van der Waals surface area contributed by atoms with Gasteiger partial charge in [0.1, 0.15) is 5.60 Å². The maximum absolute atomic E-state index is 12.6. The van der Waals surface area contributed by atoms with E-state index in [0.29, 0.717) is 37.2 Å². The first-order valence-corrected chi connectivity index (χ1v) is 11.4. The number of hydrogen-bond acceptors (Lipinski definition) is 5. The highest BCUT2D eigenvalue weighted by molar-refractivity contribution is 5.98. The molecule has 0 atom stereocenters. The third kappa shape index (κ3) is 9.60. The second-order valence-electron chi connectivity index (χ2n) is 10.2. The van der Waals surface area contributed by atoms with Crippen molar-refractivity contribution in [3.63, 3.8) is 0 Å². The van der Waals surface area contributed by atoms with Crippen LogP contribution in [-0.2, 0) is 11.3 Å². The number of aromatic nitrogens is 1. The molecule has 2 aromatic rings. The van der Waals surface area contributed by atoms with E-state index >= 15 is 0 Å². The monoisotopic (exact) mass is 468 g/mol. The molecule has 8 nitrogen and oxygen atoms in total. The molecule has 0 aliphatic heterocycles. The predicted octanol–water partition coefficient (Wildman–Crippen LogP) is 4.17. The van der Waals surface area contributed by atoms with Crippen LogP contribution in [0.2, 0.25) is 0 Å². The van der Waals surface area contributed by atoms with Crippen molar-refractivity contribution in [1.82, 2.24) is 20.5 Å². The Morgan fingerprint density at radius 1 is 0.941 bits per heavy atom. The molecule has 0 saturated heterocycles. The van der Waals surface area contributed by atoms with Crippen molar-refractivity contribution in [2.24, 2.45) is 0 Å². The second kappa shape index (κ2) is 11.6. The maximum Gasteiger partial charge on any atom is 0.410 e. The Labute approximate surface area is 202 Å². The summed E-state index contributed by atoms with van der Waals surface area (Å²) in [6.07, 6.45) is 3.54. The van der Waals surface area contributed by atoms with Gasteiger partial charge in [0.25, 0.3) is 11.8 Å². The minimum absolute atomic E-state index is 0.185. The Balaban J connectivity index is 1.89. The highest BCUT2D eigenvalue weighted by atomic mass is 16.6. The maximum atomic E-state index is 12.6. The molecule has 1 aromatic heterocycles. The molecule has 34 heavy (non-hydrogen) atoms. The van der Waals surface area contributed by atoms with Gasteiger partial charge in [-0.25, -0.2) is 4.79 Å². The fraction of sp³-hybridized carbons (Fsp3) is 0.462. The van der Waals surface area contributed by atoms with E-state index < -0.39 is 11.7 Å². The molecule has 2 rings (SSSR count). The highest BCUT2D eigenvalue weighted by Crippen LogP contribution is 2.13. The molecule has 0 aliphatic rings. The predicted molar refractivity (Wildman–Crippen MR) is 131 cm³/mol. The first kappa shape index (κ1) is 26.8. The van der Waals surface area contributed by atoms with Crippen LogP contribution in [0.5, 0.6) is 0 Å². The first-order chi connectivity index (χ1) is 15.8. The normalized spacial score (nSPS) is 11.5. The van der Waals surface area contributed by atoms with E-state index in [1.807, 2.05) is 53.7 Å². The van der Waals surface area contributed by atoms with E-state index in [1.54, 1.807) is 41.6 Å². The zero-order valence-corrected chi connectivity index (χ0v) is 21.0. The van der Waals surface area contributed by atoms with E-state index in [1.165, 1.54) is 0 Å². The number of pyridine rings is 1. The summed E-state index contributed by atoms with van der Waals surface area (Å²) in [6, 6.07) is 10.2. The number of carbonyl (C=O) groups excluding carboxylic acids is 3. The Bertz CT molecular complexity index is 961. The lowest BCUT2D eigenvalue weighted by molar-refractivity contribution is 0.0231. The van der Waals surface area contributed by atoms with Crippen molar-refractivity contribution in [1.29, 1.82) is 0 Å². The summed E-state index contributed by atoms with van der Waals surface area (Å²) in [6.45, 7) is 12.4. The number of nitrogens with one attached hydrogen (secondary N) is 2. The molecule has 0 saturated carbocycles. The molecule has 0 spiro atoms. The standard InChI is InChI=1S/C26H36N4O4/c1-25(2,3)29-23(32)21-12-10-20(11-13-21)22(31)28-15-8-16-30(24(33)34-26(4,5)6)18-19-9-7-14-27-17-19/h7,9-14,17H,8,15-16,18H2,1-6H3,(H,28,31)(H,29,32). The van der Waals surface area contributed by atoms with Gasteiger partial charge < -0.3 is 20.3 Å². The van der Waals surface area contributed by atoms with Crippen molar-refractivity contribution in [2.75, 3.05) is 13.1 Å². The van der Waals surface area contributed by atoms with Gasteiger partial charge in [-0.2, -0.15) is 0 Å². The topological polar surface area (TPSA) is 101 Å². The summed E-state index contributed by atoms with van der Waals surface area (Å²) in [5, 5.41) is 5.75.